The van der Waals surface area contributed by atoms with Crippen LogP contribution >= 0.6 is 0 Å². The molecular weight excluding hydrogens is 308 g/mol. The van der Waals surface area contributed by atoms with Crippen molar-refractivity contribution >= 4 is 5.57 Å². The molecule has 1 saturated heterocycles. The molecule has 2 aromatic rings. The lowest BCUT2D eigenvalue weighted by Crippen LogP contribution is -2.53. The number of fused-ring (bicyclic) bond motifs is 2. The van der Waals surface area contributed by atoms with E-state index in [4.69, 9.17) is 4.74 Å². The third-order valence-corrected chi connectivity index (χ3v) is 5.19. The highest BCUT2D eigenvalue weighted by molar-refractivity contribution is 5.73. The molecule has 0 amide bonds. The summed E-state index contributed by atoms with van der Waals surface area (Å²) in [6.07, 6.45) is 3.25. The number of morpholine rings is 1. The highest BCUT2D eigenvalue weighted by Crippen LogP contribution is 2.35. The maximum atomic E-state index is 9.48. The van der Waals surface area contributed by atoms with Gasteiger partial charge < -0.3 is 4.74 Å². The largest absolute Gasteiger partial charge is 0.378 e. The number of hydrogen-bond donors (Lipinski definition) is 0. The number of hydrogen-bond acceptors (Lipinski definition) is 3. The molecule has 126 valence electrons. The van der Waals surface area contributed by atoms with Crippen molar-refractivity contribution in [2.45, 2.75) is 32.0 Å². The second-order valence-corrected chi connectivity index (χ2v) is 6.97. The molecule has 1 fully saturated rings. The molecule has 4 rings (SSSR count). The van der Waals surface area contributed by atoms with Crippen molar-refractivity contribution in [3.8, 4) is 6.07 Å². The molecule has 2 unspecified atom stereocenters. The number of nitriles is 1. The van der Waals surface area contributed by atoms with Gasteiger partial charge in [0.25, 0.3) is 0 Å². The Hall–Kier alpha value is -2.41. The van der Waals surface area contributed by atoms with Crippen molar-refractivity contribution in [1.82, 2.24) is 4.90 Å². The van der Waals surface area contributed by atoms with Crippen LogP contribution in [0.15, 0.2) is 54.6 Å². The van der Waals surface area contributed by atoms with E-state index in [0.29, 0.717) is 6.04 Å². The van der Waals surface area contributed by atoms with Crippen LogP contribution in [0.3, 0.4) is 0 Å². The van der Waals surface area contributed by atoms with E-state index in [-0.39, 0.29) is 6.04 Å². The first kappa shape index (κ1) is 16.1. The van der Waals surface area contributed by atoms with Crippen LogP contribution in [0.25, 0.3) is 5.57 Å². The molecule has 0 aromatic heterocycles. The molecule has 0 radical (unpaired) electrons. The zero-order chi connectivity index (χ0) is 17.2. The Morgan fingerprint density at radius 2 is 2.00 bits per heavy atom. The molecule has 2 aliphatic rings. The van der Waals surface area contributed by atoms with Crippen molar-refractivity contribution in [2.24, 2.45) is 0 Å². The quantitative estimate of drug-likeness (QED) is 0.856. The summed E-state index contributed by atoms with van der Waals surface area (Å²) in [6, 6.07) is 19.7. The van der Waals surface area contributed by atoms with Crippen LogP contribution in [0.2, 0.25) is 0 Å². The third-order valence-electron chi connectivity index (χ3n) is 5.19. The second kappa shape index (κ2) is 6.84. The highest BCUT2D eigenvalue weighted by atomic mass is 16.5. The lowest BCUT2D eigenvalue weighted by atomic mass is 9.87. The molecule has 2 aromatic carbocycles. The monoisotopic (exact) mass is 330 g/mol. The van der Waals surface area contributed by atoms with Gasteiger partial charge in [0.05, 0.1) is 30.9 Å². The molecule has 2 atom stereocenters. The van der Waals surface area contributed by atoms with Crippen molar-refractivity contribution in [3.63, 3.8) is 0 Å². The summed E-state index contributed by atoms with van der Waals surface area (Å²) in [4.78, 5) is 2.55. The van der Waals surface area contributed by atoms with Gasteiger partial charge in [-0.3, -0.25) is 4.90 Å². The van der Waals surface area contributed by atoms with E-state index in [1.807, 2.05) is 12.1 Å². The number of aryl methyl sites for hydroxylation is 1. The van der Waals surface area contributed by atoms with Crippen LogP contribution in [0.1, 0.15) is 28.7 Å². The van der Waals surface area contributed by atoms with Crippen molar-refractivity contribution < 1.29 is 4.74 Å². The van der Waals surface area contributed by atoms with E-state index in [0.717, 1.165) is 37.3 Å². The molecule has 0 N–H and O–H groups in total. The van der Waals surface area contributed by atoms with Crippen LogP contribution in [-0.4, -0.2) is 30.2 Å². The fourth-order valence-corrected chi connectivity index (χ4v) is 3.92. The summed E-state index contributed by atoms with van der Waals surface area (Å²) in [5.74, 6) is 0. The maximum absolute atomic E-state index is 9.48. The highest BCUT2D eigenvalue weighted by Gasteiger charge is 2.35. The summed E-state index contributed by atoms with van der Waals surface area (Å²) in [5, 5.41) is 9.48. The van der Waals surface area contributed by atoms with Gasteiger partial charge in [-0.05, 0) is 36.1 Å². The van der Waals surface area contributed by atoms with Crippen molar-refractivity contribution in [1.29, 1.82) is 5.26 Å². The zero-order valence-corrected chi connectivity index (χ0v) is 14.5. The molecular formula is C22H22N2O. The average molecular weight is 330 g/mol. The van der Waals surface area contributed by atoms with Crippen LogP contribution in [0, 0.1) is 18.3 Å². The first-order chi connectivity index (χ1) is 12.2. The number of benzene rings is 2. The van der Waals surface area contributed by atoms with Gasteiger partial charge in [-0.25, -0.2) is 0 Å². The van der Waals surface area contributed by atoms with E-state index in [9.17, 15) is 5.26 Å². The third kappa shape index (κ3) is 3.24. The fraction of sp³-hybridized carbons (Fsp3) is 0.318. The number of rotatable bonds is 3. The first-order valence-electron chi connectivity index (χ1n) is 8.84. The maximum Gasteiger partial charge on any atom is 0.0998 e. The van der Waals surface area contributed by atoms with Crippen molar-refractivity contribution in [3.05, 3.63) is 76.9 Å². The van der Waals surface area contributed by atoms with E-state index >= 15 is 0 Å². The van der Waals surface area contributed by atoms with Crippen molar-refractivity contribution in [2.75, 3.05) is 13.2 Å². The van der Waals surface area contributed by atoms with Gasteiger partial charge in [-0.2, -0.15) is 5.26 Å². The van der Waals surface area contributed by atoms with Gasteiger partial charge in [0.2, 0.25) is 0 Å². The van der Waals surface area contributed by atoms with Crippen LogP contribution in [0.5, 0.6) is 0 Å². The van der Waals surface area contributed by atoms with Gasteiger partial charge in [0.1, 0.15) is 0 Å². The fourth-order valence-electron chi connectivity index (χ4n) is 3.92. The molecule has 2 heterocycles. The van der Waals surface area contributed by atoms with Gasteiger partial charge in [-0.1, -0.05) is 54.1 Å². The predicted octanol–water partition coefficient (Wildman–Crippen LogP) is 3.92. The van der Waals surface area contributed by atoms with Crippen LogP contribution in [0.4, 0.5) is 0 Å². The SMILES string of the molecule is Cc1ccc(C#N)c(C2=CC3COCC(C2)N3Cc2ccccc2)c1. The average Bonchev–Trinajstić information content (AvgIpc) is 2.62. The molecule has 3 nitrogen and oxygen atoms in total. The minimum atomic E-state index is 0.273. The topological polar surface area (TPSA) is 36.3 Å². The van der Waals surface area contributed by atoms with Gasteiger partial charge in [-0.15, -0.1) is 0 Å². The molecule has 0 aliphatic carbocycles. The van der Waals surface area contributed by atoms with E-state index < -0.39 is 0 Å². The predicted molar refractivity (Wildman–Crippen MR) is 98.9 cm³/mol. The lowest BCUT2D eigenvalue weighted by molar-refractivity contribution is -0.0402. The summed E-state index contributed by atoms with van der Waals surface area (Å²) >= 11 is 0. The Kier molecular flexibility index (Phi) is 4.40. The standard InChI is InChI=1S/C22H22N2O/c1-16-7-8-18(12-23)22(9-16)19-10-20-14-25-15-21(11-19)24(20)13-17-5-3-2-4-6-17/h2-10,20-21H,11,13-15H2,1H3. The first-order valence-corrected chi connectivity index (χ1v) is 8.84. The Bertz CT molecular complexity index is 835. The Balaban J connectivity index is 1.66. The molecule has 2 bridgehead atoms. The molecule has 3 heteroatoms. The lowest BCUT2D eigenvalue weighted by Gasteiger charge is -2.45. The summed E-state index contributed by atoms with van der Waals surface area (Å²) < 4.78 is 5.82. The smallest absolute Gasteiger partial charge is 0.0998 e. The van der Waals surface area contributed by atoms with E-state index in [1.165, 1.54) is 16.7 Å². The Morgan fingerprint density at radius 3 is 2.76 bits per heavy atom. The van der Waals surface area contributed by atoms with Gasteiger partial charge >= 0.3 is 0 Å². The van der Waals surface area contributed by atoms with Gasteiger partial charge in [0.15, 0.2) is 0 Å². The van der Waals surface area contributed by atoms with Crippen LogP contribution in [-0.2, 0) is 11.3 Å². The molecule has 0 spiro atoms. The molecule has 2 aliphatic heterocycles. The van der Waals surface area contributed by atoms with Gasteiger partial charge in [0, 0.05) is 12.6 Å². The van der Waals surface area contributed by atoms with E-state index in [2.05, 4.69) is 60.4 Å². The van der Waals surface area contributed by atoms with E-state index in [1.54, 1.807) is 0 Å². The summed E-state index contributed by atoms with van der Waals surface area (Å²) in [6.45, 7) is 4.51. The van der Waals surface area contributed by atoms with Crippen LogP contribution < -0.4 is 0 Å². The number of ether oxygens (including phenoxy) is 1. The second-order valence-electron chi connectivity index (χ2n) is 6.97. The molecule has 25 heavy (non-hydrogen) atoms. The molecule has 0 saturated carbocycles. The minimum Gasteiger partial charge on any atom is -0.378 e. The number of nitrogens with zero attached hydrogens (tertiary/aromatic N) is 2. The summed E-state index contributed by atoms with van der Waals surface area (Å²) in [7, 11) is 0. The Morgan fingerprint density at radius 1 is 1.16 bits per heavy atom. The minimum absolute atomic E-state index is 0.273. The summed E-state index contributed by atoms with van der Waals surface area (Å²) in [5.41, 5.74) is 5.70. The zero-order valence-electron chi connectivity index (χ0n) is 14.5. The Labute approximate surface area is 149 Å². The normalized spacial score (nSPS) is 23.0.